The number of fused-ring (bicyclic) bond motifs is 16. The predicted molar refractivity (Wildman–Crippen MR) is 255 cm³/mol. The van der Waals surface area contributed by atoms with Crippen molar-refractivity contribution < 1.29 is 0 Å². The summed E-state index contributed by atoms with van der Waals surface area (Å²) in [6.07, 6.45) is 0. The topological polar surface area (TPSA) is 3.24 Å². The van der Waals surface area contributed by atoms with Crippen molar-refractivity contribution >= 4 is 38.6 Å². The largest absolute Gasteiger partial charge is 0.310 e. The van der Waals surface area contributed by atoms with Crippen molar-refractivity contribution in [1.29, 1.82) is 0 Å². The molecule has 10 aromatic rings. The Morgan fingerprint density at radius 3 is 1.54 bits per heavy atom. The van der Waals surface area contributed by atoms with Gasteiger partial charge >= 0.3 is 0 Å². The van der Waals surface area contributed by atoms with Crippen molar-refractivity contribution in [3.63, 3.8) is 0 Å². The summed E-state index contributed by atoms with van der Waals surface area (Å²) in [6.45, 7) is 4.76. The highest BCUT2D eigenvalue weighted by Gasteiger charge is 2.52. The minimum atomic E-state index is -0.427. The monoisotopic (exact) mass is 775 g/mol. The Morgan fingerprint density at radius 1 is 0.328 bits per heavy atom. The first-order valence-corrected chi connectivity index (χ1v) is 21.5. The van der Waals surface area contributed by atoms with Crippen LogP contribution in [0.15, 0.2) is 212 Å². The van der Waals surface area contributed by atoms with Crippen molar-refractivity contribution in [1.82, 2.24) is 0 Å². The van der Waals surface area contributed by atoms with E-state index in [0.717, 1.165) is 11.4 Å². The van der Waals surface area contributed by atoms with E-state index in [0.29, 0.717) is 0 Å². The van der Waals surface area contributed by atoms with Crippen LogP contribution in [0.4, 0.5) is 17.1 Å². The minimum absolute atomic E-state index is 0.138. The molecule has 0 heterocycles. The second kappa shape index (κ2) is 12.5. The van der Waals surface area contributed by atoms with E-state index in [2.05, 4.69) is 231 Å². The first-order valence-electron chi connectivity index (χ1n) is 21.5. The van der Waals surface area contributed by atoms with Crippen LogP contribution < -0.4 is 4.90 Å². The van der Waals surface area contributed by atoms with Gasteiger partial charge in [0.1, 0.15) is 0 Å². The number of rotatable bonds is 4. The van der Waals surface area contributed by atoms with Gasteiger partial charge in [-0.1, -0.05) is 190 Å². The van der Waals surface area contributed by atoms with Crippen molar-refractivity contribution in [2.45, 2.75) is 24.7 Å². The van der Waals surface area contributed by atoms with Gasteiger partial charge in [-0.05, 0) is 130 Å². The fraction of sp³-hybridized carbons (Fsp3) is 0.0667. The Labute approximate surface area is 356 Å². The van der Waals surface area contributed by atoms with Gasteiger partial charge in [0.05, 0.1) is 11.1 Å². The highest BCUT2D eigenvalue weighted by molar-refractivity contribution is 6.14. The maximum Gasteiger partial charge on any atom is 0.0726 e. The lowest BCUT2D eigenvalue weighted by Crippen LogP contribution is -2.26. The highest BCUT2D eigenvalue weighted by Crippen LogP contribution is 2.65. The zero-order chi connectivity index (χ0) is 40.5. The van der Waals surface area contributed by atoms with Gasteiger partial charge in [0.2, 0.25) is 0 Å². The minimum Gasteiger partial charge on any atom is -0.310 e. The predicted octanol–water partition coefficient (Wildman–Crippen LogP) is 15.8. The molecule has 3 aliphatic carbocycles. The van der Waals surface area contributed by atoms with Crippen molar-refractivity contribution in [3.05, 3.63) is 246 Å². The van der Waals surface area contributed by atoms with Crippen LogP contribution in [0.25, 0.3) is 66.1 Å². The van der Waals surface area contributed by atoms with Gasteiger partial charge in [0.25, 0.3) is 0 Å². The third kappa shape index (κ3) is 4.56. The van der Waals surface area contributed by atoms with Crippen LogP contribution in [-0.4, -0.2) is 0 Å². The second-order valence-corrected chi connectivity index (χ2v) is 17.6. The normalized spacial score (nSPS) is 14.3. The SMILES string of the molecule is CC1(C)c2ccccc2-c2ccc(N(c3ccc(-c4cc5ccccc5c5ccccc45)cc3)c3cccc4c3-c3ccccc3C43c4ccccc4-c4ccccc43)cc21. The molecule has 0 atom stereocenters. The van der Waals surface area contributed by atoms with E-state index in [1.165, 1.54) is 105 Å². The molecule has 10 aromatic carbocycles. The van der Waals surface area contributed by atoms with Crippen LogP contribution in [0.2, 0.25) is 0 Å². The molecule has 1 nitrogen and oxygen atoms in total. The lowest BCUT2D eigenvalue weighted by molar-refractivity contribution is 0.660. The van der Waals surface area contributed by atoms with E-state index in [1.54, 1.807) is 0 Å². The first kappa shape index (κ1) is 34.4. The van der Waals surface area contributed by atoms with Gasteiger partial charge in [-0.25, -0.2) is 0 Å². The van der Waals surface area contributed by atoms with Crippen molar-refractivity contribution in [2.24, 2.45) is 0 Å². The van der Waals surface area contributed by atoms with Gasteiger partial charge < -0.3 is 4.90 Å². The standard InChI is InChI=1S/C60H41N/c1-59(2)51-24-11-7-20-45(51)48-35-34-41(37-56(48)59)61(40-32-30-38(31-33-40)50-36-39-16-3-4-17-42(39)43-18-5-6-19-44(43)50)57-29-15-28-55-58(57)49-23-10-14-27-54(49)60(55)52-25-12-8-21-46(52)47-22-9-13-26-53(47)60/h3-37H,1-2H3. The molecular formula is C60H41N. The number of anilines is 3. The molecule has 1 heteroatoms. The molecule has 0 unspecified atom stereocenters. The van der Waals surface area contributed by atoms with Crippen LogP contribution in [0.5, 0.6) is 0 Å². The summed E-state index contributed by atoms with van der Waals surface area (Å²) in [7, 11) is 0. The van der Waals surface area contributed by atoms with Crippen LogP contribution in [0.3, 0.4) is 0 Å². The third-order valence-electron chi connectivity index (χ3n) is 14.3. The second-order valence-electron chi connectivity index (χ2n) is 17.6. The molecule has 3 aliphatic rings. The molecule has 1 spiro atoms. The average molecular weight is 776 g/mol. The average Bonchev–Trinajstić information content (AvgIpc) is 3.88. The number of hydrogen-bond acceptors (Lipinski definition) is 1. The summed E-state index contributed by atoms with van der Waals surface area (Å²) >= 11 is 0. The summed E-state index contributed by atoms with van der Waals surface area (Å²) in [4.78, 5) is 2.53. The Bertz CT molecular complexity index is 3410. The fourth-order valence-corrected chi connectivity index (χ4v) is 11.7. The maximum absolute atomic E-state index is 2.53. The maximum atomic E-state index is 2.53. The van der Waals surface area contributed by atoms with E-state index in [1.807, 2.05) is 0 Å². The van der Waals surface area contributed by atoms with Gasteiger partial charge in [-0.3, -0.25) is 0 Å². The molecule has 0 aliphatic heterocycles. The van der Waals surface area contributed by atoms with E-state index >= 15 is 0 Å². The van der Waals surface area contributed by atoms with E-state index < -0.39 is 5.41 Å². The molecule has 0 radical (unpaired) electrons. The van der Waals surface area contributed by atoms with Gasteiger partial charge in [-0.15, -0.1) is 0 Å². The number of nitrogens with zero attached hydrogens (tertiary/aromatic N) is 1. The molecule has 13 rings (SSSR count). The zero-order valence-electron chi connectivity index (χ0n) is 34.2. The molecule has 0 N–H and O–H groups in total. The van der Waals surface area contributed by atoms with E-state index in [-0.39, 0.29) is 5.41 Å². The third-order valence-corrected chi connectivity index (χ3v) is 14.3. The Morgan fingerprint density at radius 2 is 0.836 bits per heavy atom. The van der Waals surface area contributed by atoms with Crippen LogP contribution >= 0.6 is 0 Å². The summed E-state index contributed by atoms with van der Waals surface area (Å²) in [5, 5.41) is 5.10. The molecular weight excluding hydrogens is 735 g/mol. The Hall–Kier alpha value is -7.48. The lowest BCUT2D eigenvalue weighted by atomic mass is 9.70. The smallest absolute Gasteiger partial charge is 0.0726 e. The van der Waals surface area contributed by atoms with Crippen LogP contribution in [-0.2, 0) is 10.8 Å². The molecule has 0 aromatic heterocycles. The van der Waals surface area contributed by atoms with Gasteiger partial charge in [0, 0.05) is 22.4 Å². The summed E-state index contributed by atoms with van der Waals surface area (Å²) in [6, 6.07) is 79.7. The fourth-order valence-electron chi connectivity index (χ4n) is 11.7. The molecule has 0 saturated carbocycles. The van der Waals surface area contributed by atoms with Crippen LogP contribution in [0, 0.1) is 0 Å². The Kier molecular flexibility index (Phi) is 7.06. The lowest BCUT2D eigenvalue weighted by Gasteiger charge is -2.32. The molecule has 0 fully saturated rings. The highest BCUT2D eigenvalue weighted by atomic mass is 15.1. The van der Waals surface area contributed by atoms with Gasteiger partial charge in [-0.2, -0.15) is 0 Å². The Balaban J connectivity index is 1.06. The number of hydrogen-bond donors (Lipinski definition) is 0. The quantitative estimate of drug-likeness (QED) is 0.161. The zero-order valence-corrected chi connectivity index (χ0v) is 34.2. The molecule has 61 heavy (non-hydrogen) atoms. The van der Waals surface area contributed by atoms with E-state index in [9.17, 15) is 0 Å². The van der Waals surface area contributed by atoms with E-state index in [4.69, 9.17) is 0 Å². The summed E-state index contributed by atoms with van der Waals surface area (Å²) in [5.41, 5.74) is 21.4. The molecule has 286 valence electrons. The molecule has 0 bridgehead atoms. The van der Waals surface area contributed by atoms with Crippen LogP contribution in [0.1, 0.15) is 47.2 Å². The molecule has 0 saturated heterocycles. The first-order chi connectivity index (χ1) is 30.0. The summed E-state index contributed by atoms with van der Waals surface area (Å²) in [5.74, 6) is 0. The van der Waals surface area contributed by atoms with Crippen molar-refractivity contribution in [3.8, 4) is 44.5 Å². The van der Waals surface area contributed by atoms with Gasteiger partial charge in [0.15, 0.2) is 0 Å². The van der Waals surface area contributed by atoms with Crippen molar-refractivity contribution in [2.75, 3.05) is 4.90 Å². The number of benzene rings is 10. The summed E-state index contributed by atoms with van der Waals surface area (Å²) < 4.78 is 0. The molecule has 0 amide bonds.